The number of hydrogen-bond donors (Lipinski definition) is 0. The zero-order valence-electron chi connectivity index (χ0n) is 15.4. The van der Waals surface area contributed by atoms with Crippen LogP contribution in [0.1, 0.15) is 11.1 Å². The summed E-state index contributed by atoms with van der Waals surface area (Å²) in [5.74, 6) is 1.40. The molecule has 3 aliphatic heterocycles. The second kappa shape index (κ2) is 5.73. The molecule has 3 heterocycles. The van der Waals surface area contributed by atoms with Crippen LogP contribution in [0.25, 0.3) is 0 Å². The van der Waals surface area contributed by atoms with Gasteiger partial charge in [-0.2, -0.15) is 0 Å². The van der Waals surface area contributed by atoms with E-state index in [9.17, 15) is 9.18 Å². The van der Waals surface area contributed by atoms with Gasteiger partial charge in [-0.05, 0) is 42.0 Å². The van der Waals surface area contributed by atoms with Crippen molar-refractivity contribution in [2.24, 2.45) is 0 Å². The molecule has 0 fully saturated rings. The van der Waals surface area contributed by atoms with Crippen LogP contribution in [-0.2, 0) is 10.2 Å². The Hall–Kier alpha value is -3.54. The van der Waals surface area contributed by atoms with Crippen molar-refractivity contribution in [3.05, 3.63) is 77.6 Å². The number of benzene rings is 3. The lowest BCUT2D eigenvalue weighted by Crippen LogP contribution is -2.40. The summed E-state index contributed by atoms with van der Waals surface area (Å²) in [5.41, 5.74) is 2.05. The molecule has 144 valence electrons. The Kier molecular flexibility index (Phi) is 3.25. The number of hydrogen-bond acceptors (Lipinski definition) is 4. The Balaban J connectivity index is 1.57. The second-order valence-electron chi connectivity index (χ2n) is 7.32. The third kappa shape index (κ3) is 2.11. The van der Waals surface area contributed by atoms with E-state index in [1.165, 1.54) is 12.1 Å². The van der Waals surface area contributed by atoms with Crippen molar-refractivity contribution in [2.45, 2.75) is 5.41 Å². The fourth-order valence-electron chi connectivity index (χ4n) is 4.48. The lowest BCUT2D eigenvalue weighted by Gasteiger charge is -2.24. The van der Waals surface area contributed by atoms with E-state index in [0.717, 1.165) is 16.8 Å². The highest BCUT2D eigenvalue weighted by Gasteiger charge is 2.57. The molecule has 0 aromatic heterocycles. The Bertz CT molecular complexity index is 1160. The molecule has 3 aromatic rings. The number of para-hydroxylation sites is 1. The van der Waals surface area contributed by atoms with Gasteiger partial charge in [-0.15, -0.1) is 0 Å². The summed E-state index contributed by atoms with van der Waals surface area (Å²) in [4.78, 5) is 15.5. The number of ether oxygens (including phenoxy) is 3. The van der Waals surface area contributed by atoms with Gasteiger partial charge >= 0.3 is 0 Å². The van der Waals surface area contributed by atoms with Crippen molar-refractivity contribution >= 4 is 17.3 Å². The molecule has 0 saturated carbocycles. The molecule has 29 heavy (non-hydrogen) atoms. The molecule has 1 atom stereocenters. The van der Waals surface area contributed by atoms with E-state index in [4.69, 9.17) is 14.2 Å². The van der Waals surface area contributed by atoms with Crippen molar-refractivity contribution in [1.29, 1.82) is 0 Å². The van der Waals surface area contributed by atoms with Gasteiger partial charge in [-0.25, -0.2) is 4.39 Å². The van der Waals surface area contributed by atoms with Gasteiger partial charge in [-0.1, -0.05) is 18.2 Å². The largest absolute Gasteiger partial charge is 0.491 e. The predicted molar refractivity (Wildman–Crippen MR) is 104 cm³/mol. The monoisotopic (exact) mass is 389 g/mol. The predicted octanol–water partition coefficient (Wildman–Crippen LogP) is 3.95. The average molecular weight is 389 g/mol. The van der Waals surface area contributed by atoms with E-state index in [1.807, 2.05) is 30.3 Å². The molecule has 0 saturated heterocycles. The molecule has 0 aliphatic carbocycles. The highest BCUT2D eigenvalue weighted by Crippen LogP contribution is 2.56. The van der Waals surface area contributed by atoms with Crippen molar-refractivity contribution in [3.63, 3.8) is 0 Å². The minimum Gasteiger partial charge on any atom is -0.491 e. The van der Waals surface area contributed by atoms with Crippen LogP contribution < -0.4 is 19.1 Å². The normalized spacial score (nSPS) is 21.1. The summed E-state index contributed by atoms with van der Waals surface area (Å²) in [6.45, 7) is 1.14. The van der Waals surface area contributed by atoms with Gasteiger partial charge < -0.3 is 14.2 Å². The number of carbonyl (C=O) groups excluding carboxylic acids is 1. The fraction of sp³-hybridized carbons (Fsp3) is 0.174. The molecule has 3 aliphatic rings. The zero-order valence-corrected chi connectivity index (χ0v) is 15.4. The Labute approximate surface area is 166 Å². The first-order valence-electron chi connectivity index (χ1n) is 9.45. The number of amides is 1. The summed E-state index contributed by atoms with van der Waals surface area (Å²) in [6.07, 6.45) is 0. The highest BCUT2D eigenvalue weighted by atomic mass is 19.1. The molecule has 0 bridgehead atoms. The molecule has 1 spiro atoms. The van der Waals surface area contributed by atoms with Crippen LogP contribution >= 0.6 is 0 Å². The van der Waals surface area contributed by atoms with Crippen LogP contribution in [0.2, 0.25) is 0 Å². The molecule has 6 rings (SSSR count). The van der Waals surface area contributed by atoms with E-state index in [-0.39, 0.29) is 18.3 Å². The van der Waals surface area contributed by atoms with Crippen LogP contribution in [0.15, 0.2) is 60.7 Å². The van der Waals surface area contributed by atoms with Crippen LogP contribution in [0.5, 0.6) is 17.2 Å². The van der Waals surface area contributed by atoms with E-state index in [2.05, 4.69) is 0 Å². The first-order valence-corrected chi connectivity index (χ1v) is 9.45. The van der Waals surface area contributed by atoms with Crippen molar-refractivity contribution in [1.82, 2.24) is 0 Å². The van der Waals surface area contributed by atoms with Gasteiger partial charge in [0.2, 0.25) is 5.91 Å². The van der Waals surface area contributed by atoms with Gasteiger partial charge in [0.05, 0.1) is 5.69 Å². The van der Waals surface area contributed by atoms with Crippen molar-refractivity contribution in [3.8, 4) is 17.2 Å². The maximum Gasteiger partial charge on any atom is 0.250 e. The molecule has 6 heteroatoms. The first kappa shape index (κ1) is 16.4. The van der Waals surface area contributed by atoms with Crippen LogP contribution in [0.4, 0.5) is 15.8 Å². The van der Waals surface area contributed by atoms with E-state index >= 15 is 0 Å². The van der Waals surface area contributed by atoms with Crippen LogP contribution in [0.3, 0.4) is 0 Å². The number of rotatable bonds is 1. The summed E-state index contributed by atoms with van der Waals surface area (Å²) >= 11 is 0. The number of halogens is 1. The Morgan fingerprint density at radius 1 is 0.828 bits per heavy atom. The third-order valence-electron chi connectivity index (χ3n) is 5.81. The quantitative estimate of drug-likeness (QED) is 0.632. The van der Waals surface area contributed by atoms with Gasteiger partial charge in [-0.3, -0.25) is 9.69 Å². The number of nitrogens with zero attached hydrogens (tertiary/aromatic N) is 1. The minimum absolute atomic E-state index is 0.124. The number of fused-ring (bicyclic) bond motifs is 5. The fourth-order valence-corrected chi connectivity index (χ4v) is 4.48. The van der Waals surface area contributed by atoms with E-state index < -0.39 is 5.41 Å². The second-order valence-corrected chi connectivity index (χ2v) is 7.32. The van der Waals surface area contributed by atoms with Gasteiger partial charge in [0, 0.05) is 17.3 Å². The van der Waals surface area contributed by atoms with E-state index in [0.29, 0.717) is 36.1 Å². The molecule has 1 amide bonds. The van der Waals surface area contributed by atoms with Gasteiger partial charge in [0.25, 0.3) is 0 Å². The lowest BCUT2D eigenvalue weighted by atomic mass is 9.77. The number of carbonyl (C=O) groups is 1. The van der Waals surface area contributed by atoms with Gasteiger partial charge in [0.1, 0.15) is 36.8 Å². The summed E-state index contributed by atoms with van der Waals surface area (Å²) in [7, 11) is 0. The molecule has 0 N–H and O–H groups in total. The SMILES string of the molecule is O=C1N(c2ccc(F)cc2)c2ccccc2C12COc1cc3c(cc12)OCCO3. The van der Waals surface area contributed by atoms with Crippen molar-refractivity contribution in [2.75, 3.05) is 24.7 Å². The minimum atomic E-state index is -0.976. The molecular weight excluding hydrogens is 373 g/mol. The van der Waals surface area contributed by atoms with Crippen LogP contribution in [0, 0.1) is 5.82 Å². The summed E-state index contributed by atoms with van der Waals surface area (Å²) in [5, 5.41) is 0. The maximum absolute atomic E-state index is 13.9. The maximum atomic E-state index is 13.9. The first-order chi connectivity index (χ1) is 14.2. The highest BCUT2D eigenvalue weighted by molar-refractivity contribution is 6.15. The summed E-state index contributed by atoms with van der Waals surface area (Å²) in [6, 6.07) is 17.3. The lowest BCUT2D eigenvalue weighted by molar-refractivity contribution is -0.121. The molecular formula is C23H16FNO4. The van der Waals surface area contributed by atoms with Crippen LogP contribution in [-0.4, -0.2) is 25.7 Å². The molecule has 3 aromatic carbocycles. The molecule has 5 nitrogen and oxygen atoms in total. The standard InChI is InChI=1S/C23H16FNO4/c24-14-5-7-15(8-6-14)25-18-4-2-1-3-16(18)23(22(25)26)13-29-19-12-21-20(11-17(19)23)27-9-10-28-21/h1-8,11-12H,9-10,13H2. The van der Waals surface area contributed by atoms with Crippen molar-refractivity contribution < 1.29 is 23.4 Å². The third-order valence-corrected chi connectivity index (χ3v) is 5.81. The van der Waals surface area contributed by atoms with E-state index in [1.54, 1.807) is 23.1 Å². The smallest absolute Gasteiger partial charge is 0.250 e. The molecule has 1 unspecified atom stereocenters. The number of anilines is 2. The van der Waals surface area contributed by atoms with Gasteiger partial charge in [0.15, 0.2) is 11.5 Å². The molecule has 0 radical (unpaired) electrons. The Morgan fingerprint density at radius 3 is 2.34 bits per heavy atom. The average Bonchev–Trinajstić information content (AvgIpc) is 3.24. The topological polar surface area (TPSA) is 48.0 Å². The zero-order chi connectivity index (χ0) is 19.6. The Morgan fingerprint density at radius 2 is 1.55 bits per heavy atom. The summed E-state index contributed by atoms with van der Waals surface area (Å²) < 4.78 is 30.9.